The SMILES string of the molecule is CC/C=C\c1c(C(C)(C)OC)cc(N2CCOCC2C)nc1C. The lowest BCUT2D eigenvalue weighted by molar-refractivity contribution is 0.0189. The van der Waals surface area contributed by atoms with Crippen molar-refractivity contribution < 1.29 is 9.47 Å². The largest absolute Gasteiger partial charge is 0.377 e. The number of hydrogen-bond acceptors (Lipinski definition) is 4. The minimum Gasteiger partial charge on any atom is -0.377 e. The number of rotatable bonds is 5. The van der Waals surface area contributed by atoms with E-state index in [4.69, 9.17) is 14.5 Å². The molecule has 1 aliphatic rings. The summed E-state index contributed by atoms with van der Waals surface area (Å²) in [6.07, 6.45) is 5.36. The van der Waals surface area contributed by atoms with Crippen molar-refractivity contribution in [1.82, 2.24) is 4.98 Å². The van der Waals surface area contributed by atoms with Gasteiger partial charge in [0.25, 0.3) is 0 Å². The number of aromatic nitrogens is 1. The first-order valence-electron chi connectivity index (χ1n) is 8.49. The molecule has 2 heterocycles. The molecule has 0 radical (unpaired) electrons. The van der Waals surface area contributed by atoms with Gasteiger partial charge in [-0.1, -0.05) is 19.1 Å². The molecule has 0 aliphatic carbocycles. The van der Waals surface area contributed by atoms with E-state index in [1.54, 1.807) is 7.11 Å². The first kappa shape index (κ1) is 18.0. The Morgan fingerprint density at radius 2 is 2.22 bits per heavy atom. The summed E-state index contributed by atoms with van der Waals surface area (Å²) in [5, 5.41) is 0. The molecule has 0 amide bonds. The highest BCUT2D eigenvalue weighted by atomic mass is 16.5. The molecule has 1 atom stereocenters. The van der Waals surface area contributed by atoms with E-state index in [9.17, 15) is 0 Å². The van der Waals surface area contributed by atoms with Crippen LogP contribution in [0.25, 0.3) is 6.08 Å². The van der Waals surface area contributed by atoms with Gasteiger partial charge in [-0.3, -0.25) is 0 Å². The topological polar surface area (TPSA) is 34.6 Å². The molecule has 1 saturated heterocycles. The van der Waals surface area contributed by atoms with Crippen molar-refractivity contribution in [2.75, 3.05) is 31.8 Å². The molecule has 1 aromatic rings. The van der Waals surface area contributed by atoms with Crippen LogP contribution >= 0.6 is 0 Å². The number of nitrogens with zero attached hydrogens (tertiary/aromatic N) is 2. The Labute approximate surface area is 140 Å². The van der Waals surface area contributed by atoms with Gasteiger partial charge in [-0.2, -0.15) is 0 Å². The fourth-order valence-electron chi connectivity index (χ4n) is 2.93. The van der Waals surface area contributed by atoms with Crippen molar-refractivity contribution in [1.29, 1.82) is 0 Å². The number of anilines is 1. The lowest BCUT2D eigenvalue weighted by Crippen LogP contribution is -2.44. The molecule has 0 spiro atoms. The molecule has 1 unspecified atom stereocenters. The summed E-state index contributed by atoms with van der Waals surface area (Å²) in [5.74, 6) is 1.02. The minimum absolute atomic E-state index is 0.339. The average Bonchev–Trinajstić information content (AvgIpc) is 2.53. The third-order valence-corrected chi connectivity index (χ3v) is 4.58. The smallest absolute Gasteiger partial charge is 0.129 e. The second kappa shape index (κ2) is 7.45. The third-order valence-electron chi connectivity index (χ3n) is 4.58. The summed E-state index contributed by atoms with van der Waals surface area (Å²) in [4.78, 5) is 7.20. The maximum absolute atomic E-state index is 5.76. The van der Waals surface area contributed by atoms with E-state index < -0.39 is 0 Å². The summed E-state index contributed by atoms with van der Waals surface area (Å²) in [6.45, 7) is 13.0. The molecule has 0 bridgehead atoms. The van der Waals surface area contributed by atoms with Gasteiger partial charge in [0.1, 0.15) is 5.82 Å². The van der Waals surface area contributed by atoms with Gasteiger partial charge in [0.2, 0.25) is 0 Å². The monoisotopic (exact) mass is 318 g/mol. The summed E-state index contributed by atoms with van der Waals surface area (Å²) in [6, 6.07) is 2.53. The molecule has 4 nitrogen and oxygen atoms in total. The first-order chi connectivity index (χ1) is 10.9. The van der Waals surface area contributed by atoms with Crippen LogP contribution in [0.3, 0.4) is 0 Å². The quantitative estimate of drug-likeness (QED) is 0.824. The number of hydrogen-bond donors (Lipinski definition) is 0. The van der Waals surface area contributed by atoms with Crippen molar-refractivity contribution in [2.45, 2.75) is 52.7 Å². The third kappa shape index (κ3) is 3.93. The van der Waals surface area contributed by atoms with Crippen molar-refractivity contribution >= 4 is 11.9 Å². The van der Waals surface area contributed by atoms with Crippen LogP contribution in [0.2, 0.25) is 0 Å². The highest BCUT2D eigenvalue weighted by molar-refractivity contribution is 5.61. The van der Waals surface area contributed by atoms with Crippen LogP contribution in [-0.4, -0.2) is 37.9 Å². The molecule has 1 aromatic heterocycles. The second-order valence-corrected chi connectivity index (χ2v) is 6.67. The molecular weight excluding hydrogens is 288 g/mol. The molecule has 1 fully saturated rings. The number of pyridine rings is 1. The van der Waals surface area contributed by atoms with Crippen LogP contribution in [0.4, 0.5) is 5.82 Å². The Morgan fingerprint density at radius 3 is 2.83 bits per heavy atom. The van der Waals surface area contributed by atoms with E-state index in [1.165, 1.54) is 11.1 Å². The molecule has 0 aromatic carbocycles. The van der Waals surface area contributed by atoms with Gasteiger partial charge in [-0.05, 0) is 45.7 Å². The average molecular weight is 318 g/mol. The molecule has 0 N–H and O–H groups in total. The zero-order valence-electron chi connectivity index (χ0n) is 15.3. The Balaban J connectivity index is 2.53. The van der Waals surface area contributed by atoms with Crippen LogP contribution in [-0.2, 0) is 15.1 Å². The fraction of sp³-hybridized carbons (Fsp3) is 0.632. The normalized spacial score (nSPS) is 19.6. The summed E-state index contributed by atoms with van der Waals surface area (Å²) < 4.78 is 11.3. The van der Waals surface area contributed by atoms with E-state index in [2.05, 4.69) is 57.7 Å². The maximum atomic E-state index is 5.76. The van der Waals surface area contributed by atoms with E-state index >= 15 is 0 Å². The van der Waals surface area contributed by atoms with E-state index in [-0.39, 0.29) is 5.60 Å². The van der Waals surface area contributed by atoms with Gasteiger partial charge in [0.15, 0.2) is 0 Å². The summed E-state index contributed by atoms with van der Waals surface area (Å²) >= 11 is 0. The van der Waals surface area contributed by atoms with Crippen LogP contribution in [0, 0.1) is 6.92 Å². The molecule has 1 aliphatic heterocycles. The Kier molecular flexibility index (Phi) is 5.82. The lowest BCUT2D eigenvalue weighted by Gasteiger charge is -2.36. The van der Waals surface area contributed by atoms with Gasteiger partial charge in [-0.25, -0.2) is 4.98 Å². The molecule has 128 valence electrons. The van der Waals surface area contributed by atoms with Crippen molar-refractivity contribution in [3.63, 3.8) is 0 Å². The molecule has 0 saturated carbocycles. The second-order valence-electron chi connectivity index (χ2n) is 6.67. The van der Waals surface area contributed by atoms with E-state index in [0.717, 1.165) is 37.7 Å². The van der Waals surface area contributed by atoms with Crippen LogP contribution in [0.5, 0.6) is 0 Å². The number of aryl methyl sites for hydroxylation is 1. The lowest BCUT2D eigenvalue weighted by atomic mass is 9.91. The van der Waals surface area contributed by atoms with Gasteiger partial charge >= 0.3 is 0 Å². The van der Waals surface area contributed by atoms with E-state index in [1.807, 2.05) is 0 Å². The Morgan fingerprint density at radius 1 is 1.48 bits per heavy atom. The van der Waals surface area contributed by atoms with Gasteiger partial charge in [0.05, 0.1) is 24.9 Å². The number of ether oxygens (including phenoxy) is 2. The summed E-state index contributed by atoms with van der Waals surface area (Å²) in [7, 11) is 1.76. The number of allylic oxidation sites excluding steroid dienone is 1. The fourth-order valence-corrected chi connectivity index (χ4v) is 2.93. The van der Waals surface area contributed by atoms with Gasteiger partial charge in [0, 0.05) is 24.9 Å². The first-order valence-corrected chi connectivity index (χ1v) is 8.49. The van der Waals surface area contributed by atoms with Crippen molar-refractivity contribution in [2.24, 2.45) is 0 Å². The molecule has 23 heavy (non-hydrogen) atoms. The molecule has 4 heteroatoms. The zero-order chi connectivity index (χ0) is 17.0. The van der Waals surface area contributed by atoms with Crippen molar-refractivity contribution in [3.8, 4) is 0 Å². The predicted molar refractivity (Wildman–Crippen MR) is 96.0 cm³/mol. The number of morpholine rings is 1. The highest BCUT2D eigenvalue weighted by Crippen LogP contribution is 2.33. The minimum atomic E-state index is -0.356. The van der Waals surface area contributed by atoms with Crippen molar-refractivity contribution in [3.05, 3.63) is 29.0 Å². The van der Waals surface area contributed by atoms with E-state index in [0.29, 0.717) is 6.04 Å². The molecule has 2 rings (SSSR count). The Hall–Kier alpha value is -1.39. The predicted octanol–water partition coefficient (Wildman–Crippen LogP) is 3.92. The van der Waals surface area contributed by atoms with Gasteiger partial charge < -0.3 is 14.4 Å². The summed E-state index contributed by atoms with van der Waals surface area (Å²) in [5.41, 5.74) is 3.05. The van der Waals surface area contributed by atoms with Crippen LogP contribution < -0.4 is 4.90 Å². The highest BCUT2D eigenvalue weighted by Gasteiger charge is 2.27. The van der Waals surface area contributed by atoms with Gasteiger partial charge in [-0.15, -0.1) is 0 Å². The Bertz CT molecular complexity index is 567. The molecular formula is C19H30N2O2. The van der Waals surface area contributed by atoms with Crippen LogP contribution in [0.15, 0.2) is 12.1 Å². The standard InChI is InChI=1S/C19H30N2O2/c1-7-8-9-16-15(3)20-18(12-17(16)19(4,5)22-6)21-10-11-23-13-14(21)2/h8-9,12,14H,7,10-11,13H2,1-6H3/b9-8-. The number of methoxy groups -OCH3 is 1. The maximum Gasteiger partial charge on any atom is 0.129 e. The van der Waals surface area contributed by atoms with Crippen LogP contribution in [0.1, 0.15) is 50.9 Å². The zero-order valence-corrected chi connectivity index (χ0v) is 15.3.